The van der Waals surface area contributed by atoms with Gasteiger partial charge in [-0.1, -0.05) is 0 Å². The monoisotopic (exact) mass is 232 g/mol. The van der Waals surface area contributed by atoms with E-state index in [0.29, 0.717) is 0 Å². The molecule has 2 aliphatic rings. The van der Waals surface area contributed by atoms with Crippen molar-refractivity contribution < 1.29 is 0 Å². The molecule has 0 aromatic carbocycles. The lowest BCUT2D eigenvalue weighted by Crippen LogP contribution is -2.43. The Morgan fingerprint density at radius 3 is 2.79 bits per heavy atom. The van der Waals surface area contributed by atoms with Gasteiger partial charge in [0.25, 0.3) is 0 Å². The zero-order valence-corrected chi connectivity index (χ0v) is 10.3. The smallest absolute Gasteiger partial charge is 0.0263 e. The molecule has 0 aromatic heterocycles. The van der Waals surface area contributed by atoms with Gasteiger partial charge in [0, 0.05) is 35.1 Å². The number of piperidine rings is 1. The molecule has 0 saturated carbocycles. The molecule has 2 nitrogen and oxygen atoms in total. The lowest BCUT2D eigenvalue weighted by atomic mass is 10.1. The second-order valence-corrected chi connectivity index (χ2v) is 6.56. The fourth-order valence-electron chi connectivity index (χ4n) is 1.98. The normalized spacial score (nSPS) is 30.4. The zero-order chi connectivity index (χ0) is 9.64. The van der Waals surface area contributed by atoms with Crippen LogP contribution in [0.25, 0.3) is 0 Å². The number of nitrogens with one attached hydrogen (secondary N) is 2. The minimum absolute atomic E-state index is 0.781. The highest BCUT2D eigenvalue weighted by molar-refractivity contribution is 8.06. The standard InChI is InChI=1S/C10H20N2S2/c1-3-11-4-2-9(1)12-7-10-8-13-5-6-14-10/h9-12H,1-8H2. The third-order valence-corrected chi connectivity index (χ3v) is 5.70. The van der Waals surface area contributed by atoms with Crippen LogP contribution in [0.15, 0.2) is 0 Å². The third kappa shape index (κ3) is 3.65. The van der Waals surface area contributed by atoms with Crippen LogP contribution >= 0.6 is 23.5 Å². The van der Waals surface area contributed by atoms with Gasteiger partial charge in [-0.05, 0) is 25.9 Å². The molecule has 82 valence electrons. The van der Waals surface area contributed by atoms with E-state index >= 15 is 0 Å². The van der Waals surface area contributed by atoms with Crippen molar-refractivity contribution in [2.45, 2.75) is 24.1 Å². The Morgan fingerprint density at radius 1 is 1.21 bits per heavy atom. The maximum absolute atomic E-state index is 3.72. The van der Waals surface area contributed by atoms with Crippen molar-refractivity contribution in [3.05, 3.63) is 0 Å². The van der Waals surface area contributed by atoms with Crippen molar-refractivity contribution in [2.24, 2.45) is 0 Å². The van der Waals surface area contributed by atoms with Crippen LogP contribution in [0, 0.1) is 0 Å². The molecule has 0 aromatic rings. The van der Waals surface area contributed by atoms with Crippen LogP contribution in [0.4, 0.5) is 0 Å². The Hall–Kier alpha value is 0.620. The third-order valence-electron chi connectivity index (χ3n) is 2.86. The van der Waals surface area contributed by atoms with Gasteiger partial charge >= 0.3 is 0 Å². The molecule has 14 heavy (non-hydrogen) atoms. The largest absolute Gasteiger partial charge is 0.317 e. The van der Waals surface area contributed by atoms with Crippen LogP contribution in [0.2, 0.25) is 0 Å². The number of hydrogen-bond donors (Lipinski definition) is 2. The Balaban J connectivity index is 1.60. The predicted octanol–water partition coefficient (Wildman–Crippen LogP) is 1.18. The van der Waals surface area contributed by atoms with Crippen molar-refractivity contribution in [1.82, 2.24) is 10.6 Å². The first-order chi connectivity index (χ1) is 6.95. The molecular weight excluding hydrogens is 212 g/mol. The fourth-order valence-corrected chi connectivity index (χ4v) is 4.60. The van der Waals surface area contributed by atoms with Gasteiger partial charge in [0.05, 0.1) is 0 Å². The molecule has 2 aliphatic heterocycles. The molecular formula is C10H20N2S2. The Kier molecular flexibility index (Phi) is 4.97. The summed E-state index contributed by atoms with van der Waals surface area (Å²) in [6, 6.07) is 0.781. The van der Waals surface area contributed by atoms with E-state index < -0.39 is 0 Å². The summed E-state index contributed by atoms with van der Waals surface area (Å²) in [4.78, 5) is 0. The van der Waals surface area contributed by atoms with E-state index in [4.69, 9.17) is 0 Å². The summed E-state index contributed by atoms with van der Waals surface area (Å²) in [6.45, 7) is 3.62. The summed E-state index contributed by atoms with van der Waals surface area (Å²) >= 11 is 4.27. The zero-order valence-electron chi connectivity index (χ0n) is 8.63. The van der Waals surface area contributed by atoms with E-state index in [0.717, 1.165) is 11.3 Å². The van der Waals surface area contributed by atoms with Crippen molar-refractivity contribution in [2.75, 3.05) is 36.9 Å². The quantitative estimate of drug-likeness (QED) is 0.763. The lowest BCUT2D eigenvalue weighted by molar-refractivity contribution is 0.390. The van der Waals surface area contributed by atoms with Crippen LogP contribution < -0.4 is 10.6 Å². The lowest BCUT2D eigenvalue weighted by Gasteiger charge is -2.27. The molecule has 1 atom stereocenters. The first-order valence-corrected chi connectivity index (χ1v) is 7.79. The average molecular weight is 232 g/mol. The average Bonchev–Trinajstić information content (AvgIpc) is 2.29. The van der Waals surface area contributed by atoms with Gasteiger partial charge < -0.3 is 10.6 Å². The van der Waals surface area contributed by atoms with E-state index in [1.54, 1.807) is 0 Å². The van der Waals surface area contributed by atoms with Gasteiger partial charge in [-0.25, -0.2) is 0 Å². The van der Waals surface area contributed by atoms with Crippen LogP contribution in [0.1, 0.15) is 12.8 Å². The maximum atomic E-state index is 3.72. The van der Waals surface area contributed by atoms with Crippen molar-refractivity contribution >= 4 is 23.5 Å². The minimum Gasteiger partial charge on any atom is -0.317 e. The van der Waals surface area contributed by atoms with E-state index in [1.807, 2.05) is 0 Å². The summed E-state index contributed by atoms with van der Waals surface area (Å²) in [5.41, 5.74) is 0. The molecule has 0 spiro atoms. The first kappa shape index (κ1) is 11.1. The van der Waals surface area contributed by atoms with Crippen LogP contribution in [-0.4, -0.2) is 48.2 Å². The van der Waals surface area contributed by atoms with Gasteiger partial charge in [0.15, 0.2) is 0 Å². The highest BCUT2D eigenvalue weighted by Gasteiger charge is 2.17. The minimum atomic E-state index is 0.781. The second kappa shape index (κ2) is 6.26. The van der Waals surface area contributed by atoms with Crippen LogP contribution in [0.3, 0.4) is 0 Å². The van der Waals surface area contributed by atoms with Crippen molar-refractivity contribution in [1.29, 1.82) is 0 Å². The van der Waals surface area contributed by atoms with Gasteiger partial charge in [-0.15, -0.1) is 0 Å². The van der Waals surface area contributed by atoms with Gasteiger partial charge in [-0.2, -0.15) is 23.5 Å². The van der Waals surface area contributed by atoms with E-state index in [1.165, 1.54) is 49.7 Å². The summed E-state index contributed by atoms with van der Waals surface area (Å²) in [6.07, 6.45) is 2.62. The fraction of sp³-hybridized carbons (Fsp3) is 1.00. The summed E-state index contributed by atoms with van der Waals surface area (Å²) in [5.74, 6) is 4.06. The topological polar surface area (TPSA) is 24.1 Å². The highest BCUT2D eigenvalue weighted by Crippen LogP contribution is 2.23. The SMILES string of the molecule is C1CC(NCC2CSCCS2)CCN1. The Bertz CT molecular complexity index is 136. The molecule has 2 heterocycles. The molecule has 1 unspecified atom stereocenters. The van der Waals surface area contributed by atoms with Gasteiger partial charge in [0.2, 0.25) is 0 Å². The van der Waals surface area contributed by atoms with E-state index in [-0.39, 0.29) is 0 Å². The van der Waals surface area contributed by atoms with Crippen molar-refractivity contribution in [3.63, 3.8) is 0 Å². The van der Waals surface area contributed by atoms with E-state index in [9.17, 15) is 0 Å². The predicted molar refractivity (Wildman–Crippen MR) is 67.5 cm³/mol. The molecule has 2 N–H and O–H groups in total. The molecule has 0 bridgehead atoms. The molecule has 2 fully saturated rings. The number of thioether (sulfide) groups is 2. The Labute approximate surface area is 95.4 Å². The number of hydrogen-bond acceptors (Lipinski definition) is 4. The number of rotatable bonds is 3. The Morgan fingerprint density at radius 2 is 2.07 bits per heavy atom. The summed E-state index contributed by atoms with van der Waals surface area (Å²) in [7, 11) is 0. The first-order valence-electron chi connectivity index (χ1n) is 5.58. The van der Waals surface area contributed by atoms with Crippen LogP contribution in [0.5, 0.6) is 0 Å². The maximum Gasteiger partial charge on any atom is 0.0263 e. The molecule has 2 rings (SSSR count). The molecule has 2 saturated heterocycles. The second-order valence-electron chi connectivity index (χ2n) is 4.00. The highest BCUT2D eigenvalue weighted by atomic mass is 32.2. The molecule has 0 aliphatic carbocycles. The van der Waals surface area contributed by atoms with Crippen LogP contribution in [-0.2, 0) is 0 Å². The molecule has 0 radical (unpaired) electrons. The molecule has 0 amide bonds. The summed E-state index contributed by atoms with van der Waals surface area (Å²) < 4.78 is 0. The van der Waals surface area contributed by atoms with E-state index in [2.05, 4.69) is 34.2 Å². The molecule has 4 heteroatoms. The summed E-state index contributed by atoms with van der Waals surface area (Å²) in [5, 5.41) is 7.98. The van der Waals surface area contributed by atoms with Gasteiger partial charge in [0.1, 0.15) is 0 Å². The van der Waals surface area contributed by atoms with Gasteiger partial charge in [-0.3, -0.25) is 0 Å². The van der Waals surface area contributed by atoms with Crippen molar-refractivity contribution in [3.8, 4) is 0 Å².